The number of hydrogen-bond acceptors (Lipinski definition) is 6. The number of pyridine rings is 3. The van der Waals surface area contributed by atoms with Crippen molar-refractivity contribution in [1.29, 1.82) is 0 Å². The second-order valence-electron chi connectivity index (χ2n) is 14.8. The summed E-state index contributed by atoms with van der Waals surface area (Å²) in [6.45, 7) is 0. The van der Waals surface area contributed by atoms with Gasteiger partial charge in [0.25, 0.3) is 0 Å². The molecule has 0 amide bonds. The molecule has 0 unspecified atom stereocenters. The Kier molecular flexibility index (Phi) is 7.40. The Morgan fingerprint density at radius 2 is 1.00 bits per heavy atom. The molecule has 0 spiro atoms. The highest BCUT2D eigenvalue weighted by atomic mass is 15.0. The van der Waals surface area contributed by atoms with Gasteiger partial charge in [0, 0.05) is 51.4 Å². The average molecular weight is 754 g/mol. The summed E-state index contributed by atoms with van der Waals surface area (Å²) < 4.78 is 2.30. The van der Waals surface area contributed by atoms with Crippen LogP contribution in [0.25, 0.3) is 116 Å². The van der Waals surface area contributed by atoms with E-state index in [9.17, 15) is 0 Å². The summed E-state index contributed by atoms with van der Waals surface area (Å²) >= 11 is 0. The van der Waals surface area contributed by atoms with Crippen molar-refractivity contribution in [2.45, 2.75) is 0 Å². The minimum absolute atomic E-state index is 0.605. The number of aromatic nitrogens is 7. The van der Waals surface area contributed by atoms with Gasteiger partial charge in [0.2, 0.25) is 0 Å². The van der Waals surface area contributed by atoms with Crippen LogP contribution in [0.15, 0.2) is 188 Å². The van der Waals surface area contributed by atoms with E-state index in [-0.39, 0.29) is 0 Å². The maximum atomic E-state index is 5.09. The lowest BCUT2D eigenvalue weighted by Crippen LogP contribution is -2.00. The van der Waals surface area contributed by atoms with Crippen LogP contribution in [0.1, 0.15) is 0 Å². The molecule has 0 saturated carbocycles. The van der Waals surface area contributed by atoms with Crippen molar-refractivity contribution < 1.29 is 0 Å². The Bertz CT molecular complexity index is 3610. The summed E-state index contributed by atoms with van der Waals surface area (Å²) in [5, 5.41) is 6.83. The van der Waals surface area contributed by atoms with Gasteiger partial charge < -0.3 is 0 Å². The van der Waals surface area contributed by atoms with Crippen LogP contribution in [0.4, 0.5) is 0 Å². The molecule has 0 saturated heterocycles. The molecule has 5 aromatic heterocycles. The normalized spacial score (nSPS) is 11.7. The van der Waals surface area contributed by atoms with Gasteiger partial charge in [-0.2, -0.15) is 0 Å². The van der Waals surface area contributed by atoms with Gasteiger partial charge >= 0.3 is 0 Å². The van der Waals surface area contributed by atoms with Crippen molar-refractivity contribution in [1.82, 2.24) is 34.3 Å². The zero-order valence-electron chi connectivity index (χ0n) is 31.5. The van der Waals surface area contributed by atoms with Crippen LogP contribution in [0, 0.1) is 0 Å². The molecular formula is C52H31N7. The first-order valence-electron chi connectivity index (χ1n) is 19.6. The number of benzene rings is 7. The number of fused-ring (bicyclic) bond motifs is 10. The summed E-state index contributed by atoms with van der Waals surface area (Å²) in [5.74, 6) is 1.83. The molecule has 0 bridgehead atoms. The third-order valence-corrected chi connectivity index (χ3v) is 11.4. The number of rotatable bonds is 5. The van der Waals surface area contributed by atoms with E-state index < -0.39 is 0 Å². The van der Waals surface area contributed by atoms with E-state index in [0.29, 0.717) is 17.5 Å². The van der Waals surface area contributed by atoms with E-state index in [2.05, 4.69) is 166 Å². The van der Waals surface area contributed by atoms with Crippen molar-refractivity contribution >= 4 is 60.0 Å². The zero-order chi connectivity index (χ0) is 38.9. The minimum atomic E-state index is 0.605. The Morgan fingerprint density at radius 1 is 0.356 bits per heavy atom. The highest BCUT2D eigenvalue weighted by Gasteiger charge is 2.16. The van der Waals surface area contributed by atoms with Crippen molar-refractivity contribution in [2.75, 3.05) is 0 Å². The van der Waals surface area contributed by atoms with E-state index in [1.165, 1.54) is 16.2 Å². The lowest BCUT2D eigenvalue weighted by molar-refractivity contribution is 1.07. The Morgan fingerprint density at radius 3 is 1.81 bits per heavy atom. The molecular weight excluding hydrogens is 723 g/mol. The van der Waals surface area contributed by atoms with Gasteiger partial charge in [-0.25, -0.2) is 19.9 Å². The number of para-hydroxylation sites is 2. The minimum Gasteiger partial charge on any atom is -0.292 e. The van der Waals surface area contributed by atoms with Gasteiger partial charge in [-0.15, -0.1) is 0 Å². The topological polar surface area (TPSA) is 81.8 Å². The van der Waals surface area contributed by atoms with Crippen LogP contribution >= 0.6 is 0 Å². The first kappa shape index (κ1) is 33.0. The van der Waals surface area contributed by atoms with Crippen LogP contribution in [-0.4, -0.2) is 34.3 Å². The summed E-state index contributed by atoms with van der Waals surface area (Å²) in [4.78, 5) is 29.2. The molecule has 5 heterocycles. The average Bonchev–Trinajstić information content (AvgIpc) is 3.71. The predicted octanol–water partition coefficient (Wildman–Crippen LogP) is 12.4. The van der Waals surface area contributed by atoms with Crippen molar-refractivity contribution in [2.24, 2.45) is 0 Å². The Balaban J connectivity index is 0.964. The molecule has 0 fully saturated rings. The second kappa shape index (κ2) is 13.2. The molecule has 274 valence electrons. The molecule has 7 heteroatoms. The molecule has 0 atom stereocenters. The molecule has 12 rings (SSSR count). The number of nitrogens with zero attached hydrogens (tertiary/aromatic N) is 7. The summed E-state index contributed by atoms with van der Waals surface area (Å²) in [6.07, 6.45) is 5.48. The maximum Gasteiger partial charge on any atom is 0.164 e. The molecule has 12 aromatic rings. The highest BCUT2D eigenvalue weighted by molar-refractivity contribution is 6.14. The fourth-order valence-electron chi connectivity index (χ4n) is 8.43. The van der Waals surface area contributed by atoms with Gasteiger partial charge in [0.1, 0.15) is 5.65 Å². The fourth-order valence-corrected chi connectivity index (χ4v) is 8.43. The van der Waals surface area contributed by atoms with Gasteiger partial charge in [0.15, 0.2) is 17.5 Å². The van der Waals surface area contributed by atoms with Crippen molar-refractivity contribution in [3.05, 3.63) is 188 Å². The van der Waals surface area contributed by atoms with E-state index >= 15 is 0 Å². The Labute approximate surface area is 338 Å². The van der Waals surface area contributed by atoms with Crippen molar-refractivity contribution in [3.8, 4) is 56.4 Å². The molecule has 0 aliphatic heterocycles. The molecule has 7 nitrogen and oxygen atoms in total. The van der Waals surface area contributed by atoms with Gasteiger partial charge in [-0.1, -0.05) is 133 Å². The van der Waals surface area contributed by atoms with Crippen LogP contribution in [0.5, 0.6) is 0 Å². The van der Waals surface area contributed by atoms with E-state index in [1.54, 1.807) is 6.20 Å². The van der Waals surface area contributed by atoms with Gasteiger partial charge in [0.05, 0.1) is 22.1 Å². The van der Waals surface area contributed by atoms with Crippen LogP contribution in [0.3, 0.4) is 0 Å². The zero-order valence-corrected chi connectivity index (χ0v) is 31.5. The molecule has 0 radical (unpaired) electrons. The first-order chi connectivity index (χ1) is 29.2. The monoisotopic (exact) mass is 753 g/mol. The lowest BCUT2D eigenvalue weighted by Gasteiger charge is -2.12. The summed E-state index contributed by atoms with van der Waals surface area (Å²) in [7, 11) is 0. The fraction of sp³-hybridized carbons (Fsp3) is 0. The number of hydrogen-bond donors (Lipinski definition) is 0. The maximum absolute atomic E-state index is 5.09. The largest absolute Gasteiger partial charge is 0.292 e. The third kappa shape index (κ3) is 5.51. The number of imidazole rings is 1. The third-order valence-electron chi connectivity index (χ3n) is 11.4. The van der Waals surface area contributed by atoms with Gasteiger partial charge in [-0.05, 0) is 74.8 Å². The molecule has 59 heavy (non-hydrogen) atoms. The lowest BCUT2D eigenvalue weighted by atomic mass is 9.99. The summed E-state index contributed by atoms with van der Waals surface area (Å²) in [5.41, 5.74) is 12.2. The molecule has 7 aromatic carbocycles. The molecule has 0 N–H and O–H groups in total. The standard InChI is InChI=1S/C52H31N7/c1-2-8-37-29-39(22-15-32(37)7-1)51-57-49(56-50(58-51)36-20-16-34(17-21-36)40-25-28-54-45-26-27-53-31-44(40)45)35-18-13-33(14-19-35)38-23-24-42-41-9-3-4-10-43(41)52-55-46-11-5-6-12-47(46)59(52)48(42)30-38/h1-31H. The highest BCUT2D eigenvalue weighted by Crippen LogP contribution is 2.36. The quantitative estimate of drug-likeness (QED) is 0.163. The predicted molar refractivity (Wildman–Crippen MR) is 239 cm³/mol. The van der Waals surface area contributed by atoms with Crippen molar-refractivity contribution in [3.63, 3.8) is 0 Å². The van der Waals surface area contributed by atoms with Crippen LogP contribution in [-0.2, 0) is 0 Å². The van der Waals surface area contributed by atoms with Crippen LogP contribution < -0.4 is 0 Å². The SMILES string of the molecule is c1ccc2cc(-c3nc(-c4ccc(-c5ccc6c7ccccc7c7nc8ccccc8n7c6c5)cc4)nc(-c4ccc(-c5ccnc6ccncc56)cc4)n3)ccc2c1. The van der Waals surface area contributed by atoms with Crippen LogP contribution in [0.2, 0.25) is 0 Å². The van der Waals surface area contributed by atoms with E-state index in [1.807, 2.05) is 30.6 Å². The first-order valence-corrected chi connectivity index (χ1v) is 19.6. The smallest absolute Gasteiger partial charge is 0.164 e. The van der Waals surface area contributed by atoms with E-state index in [4.69, 9.17) is 19.9 Å². The molecule has 0 aliphatic rings. The summed E-state index contributed by atoms with van der Waals surface area (Å²) in [6, 6.07) is 59.2. The van der Waals surface area contributed by atoms with Gasteiger partial charge in [-0.3, -0.25) is 14.4 Å². The Hall–Kier alpha value is -8.16. The van der Waals surface area contributed by atoms with E-state index in [0.717, 1.165) is 82.8 Å². The molecule has 0 aliphatic carbocycles. The second-order valence-corrected chi connectivity index (χ2v) is 14.8.